The van der Waals surface area contributed by atoms with Gasteiger partial charge in [-0.1, -0.05) is 12.2 Å². The van der Waals surface area contributed by atoms with Gasteiger partial charge in [-0.2, -0.15) is 22.0 Å². The average Bonchev–Trinajstić information content (AvgIpc) is 2.99. The lowest BCUT2D eigenvalue weighted by Crippen LogP contribution is -2.66. The van der Waals surface area contributed by atoms with Crippen LogP contribution < -0.4 is 0 Å². The Morgan fingerprint density at radius 1 is 1.33 bits per heavy atom. The van der Waals surface area contributed by atoms with Gasteiger partial charge in [0.2, 0.25) is 0 Å². The van der Waals surface area contributed by atoms with Crippen molar-refractivity contribution in [2.75, 3.05) is 13.9 Å². The maximum atomic E-state index is 14.6. The maximum Gasteiger partial charge on any atom is 0.449 e. The maximum absolute atomic E-state index is 14.6. The Labute approximate surface area is 116 Å². The van der Waals surface area contributed by atoms with Crippen molar-refractivity contribution in [3.8, 4) is 0 Å². The molecule has 2 aliphatic carbocycles. The van der Waals surface area contributed by atoms with Crippen LogP contribution in [0.25, 0.3) is 0 Å². The molecule has 1 aliphatic heterocycles. The van der Waals surface area contributed by atoms with E-state index in [0.717, 1.165) is 0 Å². The molecule has 21 heavy (non-hydrogen) atoms. The minimum atomic E-state index is -5.65. The molecule has 0 aromatic heterocycles. The van der Waals surface area contributed by atoms with Crippen LogP contribution in [0.15, 0.2) is 12.2 Å². The molecule has 5 atom stereocenters. The van der Waals surface area contributed by atoms with Crippen molar-refractivity contribution in [2.24, 2.45) is 11.8 Å². The molecule has 120 valence electrons. The van der Waals surface area contributed by atoms with E-state index >= 15 is 0 Å². The predicted octanol–water partition coefficient (Wildman–Crippen LogP) is 1.84. The molecular weight excluding hydrogens is 303 g/mol. The third-order valence-electron chi connectivity index (χ3n) is 4.49. The fraction of sp³-hybridized carbons (Fsp3) is 0.833. The molecule has 1 heterocycles. The number of methoxy groups -OCH3 is 1. The quantitative estimate of drug-likeness (QED) is 0.490. The van der Waals surface area contributed by atoms with Gasteiger partial charge in [0.15, 0.2) is 5.60 Å². The van der Waals surface area contributed by atoms with Crippen LogP contribution in [0, 0.1) is 11.8 Å². The number of aliphatic hydroxyl groups is 1. The number of hydrogen-bond donors (Lipinski definition) is 1. The van der Waals surface area contributed by atoms with Crippen LogP contribution in [0.1, 0.15) is 6.42 Å². The number of hydrogen-bond acceptors (Lipinski definition) is 4. The van der Waals surface area contributed by atoms with Crippen LogP contribution in [0.4, 0.5) is 22.0 Å². The van der Waals surface area contributed by atoms with Crippen LogP contribution in [-0.2, 0) is 14.2 Å². The van der Waals surface area contributed by atoms with E-state index in [-0.39, 0.29) is 6.42 Å². The Morgan fingerprint density at radius 3 is 2.57 bits per heavy atom. The number of ether oxygens (including phenoxy) is 3. The van der Waals surface area contributed by atoms with Crippen LogP contribution in [0.5, 0.6) is 0 Å². The molecule has 0 amide bonds. The summed E-state index contributed by atoms with van der Waals surface area (Å²) >= 11 is 0. The topological polar surface area (TPSA) is 47.9 Å². The van der Waals surface area contributed by atoms with E-state index in [1.807, 2.05) is 0 Å². The van der Waals surface area contributed by atoms with Gasteiger partial charge >= 0.3 is 17.9 Å². The van der Waals surface area contributed by atoms with Crippen molar-refractivity contribution in [1.82, 2.24) is 0 Å². The normalized spacial score (nSPS) is 47.1. The second kappa shape index (κ2) is 4.15. The highest BCUT2D eigenvalue weighted by molar-refractivity contribution is 5.31. The average molecular weight is 316 g/mol. The Kier molecular flexibility index (Phi) is 2.99. The van der Waals surface area contributed by atoms with Crippen LogP contribution >= 0.6 is 0 Å². The molecule has 0 spiro atoms. The van der Waals surface area contributed by atoms with E-state index in [2.05, 4.69) is 9.47 Å². The SMILES string of the molecule is COCOC12C3C=CC(C3)C1OC(O)(C(F)(F)F)C2(F)F. The van der Waals surface area contributed by atoms with Gasteiger partial charge in [0, 0.05) is 18.9 Å². The summed E-state index contributed by atoms with van der Waals surface area (Å²) in [4.78, 5) is 0. The number of rotatable bonds is 3. The summed E-state index contributed by atoms with van der Waals surface area (Å²) in [7, 11) is 1.17. The summed E-state index contributed by atoms with van der Waals surface area (Å²) in [6.07, 6.45) is -4.14. The fourth-order valence-electron chi connectivity index (χ4n) is 3.59. The highest BCUT2D eigenvalue weighted by Crippen LogP contribution is 2.67. The zero-order valence-corrected chi connectivity index (χ0v) is 10.9. The zero-order chi connectivity index (χ0) is 15.7. The lowest BCUT2D eigenvalue weighted by molar-refractivity contribution is -0.417. The molecule has 0 radical (unpaired) electrons. The van der Waals surface area contributed by atoms with Gasteiger partial charge in [-0.3, -0.25) is 0 Å². The van der Waals surface area contributed by atoms with E-state index in [1.165, 1.54) is 19.3 Å². The summed E-state index contributed by atoms with van der Waals surface area (Å²) in [6.45, 7) is -0.625. The van der Waals surface area contributed by atoms with Gasteiger partial charge in [-0.25, -0.2) is 0 Å². The Morgan fingerprint density at radius 2 is 2.00 bits per heavy atom. The van der Waals surface area contributed by atoms with Crippen molar-refractivity contribution in [3.05, 3.63) is 12.2 Å². The first kappa shape index (κ1) is 15.1. The van der Waals surface area contributed by atoms with Crippen molar-refractivity contribution >= 4 is 0 Å². The Hall–Kier alpha value is -0.770. The van der Waals surface area contributed by atoms with Crippen molar-refractivity contribution in [2.45, 2.75) is 36.0 Å². The van der Waals surface area contributed by atoms with Crippen molar-refractivity contribution in [3.63, 3.8) is 0 Å². The summed E-state index contributed by atoms with van der Waals surface area (Å²) in [5.74, 6) is -10.9. The number of alkyl halides is 5. The fourth-order valence-corrected chi connectivity index (χ4v) is 3.59. The van der Waals surface area contributed by atoms with Crippen LogP contribution in [0.2, 0.25) is 0 Å². The van der Waals surface area contributed by atoms with E-state index in [0.29, 0.717) is 0 Å². The molecule has 1 N–H and O–H groups in total. The van der Waals surface area contributed by atoms with Gasteiger partial charge in [0.05, 0.1) is 0 Å². The molecule has 0 aromatic rings. The lowest BCUT2D eigenvalue weighted by Gasteiger charge is -2.40. The molecule has 3 aliphatic rings. The molecule has 3 rings (SSSR count). The summed E-state index contributed by atoms with van der Waals surface area (Å²) in [5, 5.41) is 9.54. The predicted molar refractivity (Wildman–Crippen MR) is 57.3 cm³/mol. The second-order valence-electron chi connectivity index (χ2n) is 5.49. The second-order valence-corrected chi connectivity index (χ2v) is 5.49. The third kappa shape index (κ3) is 1.52. The van der Waals surface area contributed by atoms with E-state index < -0.39 is 48.2 Å². The molecule has 5 unspecified atom stereocenters. The van der Waals surface area contributed by atoms with Crippen LogP contribution in [-0.4, -0.2) is 48.6 Å². The standard InChI is InChI=1S/C12H13F5O4/c1-19-5-20-9-7-3-2-6(4-7)8(9)21-11(18,10(9,13)14)12(15,16)17/h2-3,6-8,18H,4-5H2,1H3. The Balaban J connectivity index is 2.10. The first-order valence-electron chi connectivity index (χ1n) is 6.28. The van der Waals surface area contributed by atoms with Gasteiger partial charge in [-0.05, 0) is 6.42 Å². The largest absolute Gasteiger partial charge is 0.449 e. The summed E-state index contributed by atoms with van der Waals surface area (Å²) in [6, 6.07) is 0. The minimum absolute atomic E-state index is 0.192. The summed E-state index contributed by atoms with van der Waals surface area (Å²) < 4.78 is 82.0. The first-order valence-corrected chi connectivity index (χ1v) is 6.28. The third-order valence-corrected chi connectivity index (χ3v) is 4.49. The van der Waals surface area contributed by atoms with E-state index in [4.69, 9.17) is 4.74 Å². The van der Waals surface area contributed by atoms with Crippen LogP contribution in [0.3, 0.4) is 0 Å². The molecular formula is C12H13F5O4. The number of fused-ring (bicyclic) bond motifs is 5. The van der Waals surface area contributed by atoms with E-state index in [9.17, 15) is 27.1 Å². The number of halogens is 5. The first-order chi connectivity index (χ1) is 9.62. The molecule has 2 fully saturated rings. The smallest absolute Gasteiger partial charge is 0.359 e. The zero-order valence-electron chi connectivity index (χ0n) is 10.9. The highest BCUT2D eigenvalue weighted by Gasteiger charge is 2.89. The highest BCUT2D eigenvalue weighted by atomic mass is 19.4. The lowest BCUT2D eigenvalue weighted by atomic mass is 9.79. The van der Waals surface area contributed by atoms with Crippen molar-refractivity contribution < 1.29 is 41.3 Å². The molecule has 0 aromatic carbocycles. The van der Waals surface area contributed by atoms with Crippen molar-refractivity contribution in [1.29, 1.82) is 0 Å². The summed E-state index contributed by atoms with van der Waals surface area (Å²) in [5.41, 5.74) is -2.58. The molecule has 9 heteroatoms. The minimum Gasteiger partial charge on any atom is -0.359 e. The van der Waals surface area contributed by atoms with Gasteiger partial charge in [0.25, 0.3) is 0 Å². The molecule has 4 nitrogen and oxygen atoms in total. The van der Waals surface area contributed by atoms with E-state index in [1.54, 1.807) is 0 Å². The monoisotopic (exact) mass is 316 g/mol. The molecule has 2 bridgehead atoms. The van der Waals surface area contributed by atoms with Gasteiger partial charge < -0.3 is 19.3 Å². The Bertz CT molecular complexity index is 479. The molecule has 1 saturated carbocycles. The van der Waals surface area contributed by atoms with Gasteiger partial charge in [-0.15, -0.1) is 0 Å². The van der Waals surface area contributed by atoms with Gasteiger partial charge in [0.1, 0.15) is 12.9 Å². The molecule has 1 saturated heterocycles.